The molecular weight excluding hydrogens is 396 g/mol. The van der Waals surface area contributed by atoms with Gasteiger partial charge in [-0.3, -0.25) is 19.3 Å². The number of hydrogen-bond donors (Lipinski definition) is 2. The Morgan fingerprint density at radius 1 is 1.19 bits per heavy atom. The fraction of sp³-hybridized carbons (Fsp3) is 0.500. The second-order valence-electron chi connectivity index (χ2n) is 9.65. The highest BCUT2D eigenvalue weighted by molar-refractivity contribution is 6.24. The standard InChI is InChI=1S/C22H26N6O3/c1-12(2)27-10-16(25-26-27)21(3,4)24-15-7-5-6-14-17(15)20(31)28(19(14)30)22-8-13(9-22)18(29)23-11-22/h5-7,10,12-13,24H,8-9,11H2,1-4H3,(H,23,29). The molecule has 3 aliphatic heterocycles. The van der Waals surface area contributed by atoms with Gasteiger partial charge in [-0.15, -0.1) is 5.10 Å². The van der Waals surface area contributed by atoms with Crippen molar-refractivity contribution in [3.8, 4) is 0 Å². The topological polar surface area (TPSA) is 109 Å². The number of hydrogen-bond acceptors (Lipinski definition) is 6. The van der Waals surface area contributed by atoms with Crippen molar-refractivity contribution in [2.45, 2.75) is 57.7 Å². The summed E-state index contributed by atoms with van der Waals surface area (Å²) in [6, 6.07) is 5.47. The van der Waals surface area contributed by atoms with Crippen molar-refractivity contribution < 1.29 is 14.4 Å². The van der Waals surface area contributed by atoms with Crippen LogP contribution in [-0.2, 0) is 10.3 Å². The molecule has 1 saturated carbocycles. The van der Waals surface area contributed by atoms with Crippen LogP contribution in [0, 0.1) is 5.92 Å². The van der Waals surface area contributed by atoms with Gasteiger partial charge >= 0.3 is 0 Å². The molecule has 1 aliphatic carbocycles. The number of nitrogens with zero attached hydrogens (tertiary/aromatic N) is 4. The molecule has 3 fully saturated rings. The number of benzene rings is 1. The normalized spacial score (nSPS) is 24.9. The third kappa shape index (κ3) is 2.79. The minimum Gasteiger partial charge on any atom is -0.374 e. The Hall–Kier alpha value is -3.23. The zero-order valence-corrected chi connectivity index (χ0v) is 18.1. The molecule has 0 spiro atoms. The van der Waals surface area contributed by atoms with E-state index >= 15 is 0 Å². The van der Waals surface area contributed by atoms with Gasteiger partial charge in [-0.1, -0.05) is 11.3 Å². The zero-order chi connectivity index (χ0) is 22.1. The number of anilines is 1. The Labute approximate surface area is 180 Å². The Kier molecular flexibility index (Phi) is 4.06. The zero-order valence-electron chi connectivity index (χ0n) is 18.1. The molecular formula is C22H26N6O3. The Morgan fingerprint density at radius 3 is 2.55 bits per heavy atom. The van der Waals surface area contributed by atoms with E-state index in [1.165, 1.54) is 4.90 Å². The Bertz CT molecular complexity index is 1110. The molecule has 0 radical (unpaired) electrons. The number of aromatic nitrogens is 3. The van der Waals surface area contributed by atoms with Gasteiger partial charge in [0.2, 0.25) is 5.91 Å². The summed E-state index contributed by atoms with van der Waals surface area (Å²) in [4.78, 5) is 39.9. The predicted octanol–water partition coefficient (Wildman–Crippen LogP) is 2.08. The lowest BCUT2D eigenvalue weighted by Crippen LogP contribution is -2.71. The summed E-state index contributed by atoms with van der Waals surface area (Å²) in [5.41, 5.74) is 0.881. The van der Waals surface area contributed by atoms with Gasteiger partial charge in [-0.25, -0.2) is 4.68 Å². The van der Waals surface area contributed by atoms with E-state index in [9.17, 15) is 14.4 Å². The third-order valence-corrected chi connectivity index (χ3v) is 6.73. The van der Waals surface area contributed by atoms with E-state index in [1.54, 1.807) is 16.8 Å². The first kappa shape index (κ1) is 19.7. The number of rotatable bonds is 5. The summed E-state index contributed by atoms with van der Waals surface area (Å²) < 4.78 is 1.79. The Morgan fingerprint density at radius 2 is 1.94 bits per heavy atom. The predicted molar refractivity (Wildman–Crippen MR) is 112 cm³/mol. The van der Waals surface area contributed by atoms with Crippen LogP contribution in [0.3, 0.4) is 0 Å². The minimum absolute atomic E-state index is 0.0111. The number of amides is 3. The molecule has 2 aromatic rings. The molecule has 0 atom stereocenters. The SMILES string of the molecule is CC(C)n1cc(C(C)(C)Nc2cccc3c2C(=O)N(C24CNC(=O)C(C2)C4)C3=O)nn1. The molecule has 31 heavy (non-hydrogen) atoms. The molecule has 2 bridgehead atoms. The third-order valence-electron chi connectivity index (χ3n) is 6.73. The van der Waals surface area contributed by atoms with Crippen molar-refractivity contribution in [1.82, 2.24) is 25.2 Å². The highest BCUT2D eigenvalue weighted by Gasteiger charge is 2.60. The summed E-state index contributed by atoms with van der Waals surface area (Å²) in [5, 5.41) is 14.7. The van der Waals surface area contributed by atoms with Gasteiger partial charge in [0.1, 0.15) is 5.69 Å². The van der Waals surface area contributed by atoms with Crippen molar-refractivity contribution in [2.24, 2.45) is 5.92 Å². The van der Waals surface area contributed by atoms with Crippen LogP contribution in [-0.4, -0.2) is 49.7 Å². The van der Waals surface area contributed by atoms with Crippen molar-refractivity contribution in [3.05, 3.63) is 41.2 Å². The molecule has 2 saturated heterocycles. The molecule has 1 aromatic carbocycles. The molecule has 9 nitrogen and oxygen atoms in total. The first-order valence-electron chi connectivity index (χ1n) is 10.6. The van der Waals surface area contributed by atoms with Crippen molar-refractivity contribution >= 4 is 23.4 Å². The largest absolute Gasteiger partial charge is 0.374 e. The highest BCUT2D eigenvalue weighted by Crippen LogP contribution is 2.48. The lowest BCUT2D eigenvalue weighted by molar-refractivity contribution is -0.140. The van der Waals surface area contributed by atoms with Crippen molar-refractivity contribution in [1.29, 1.82) is 0 Å². The second-order valence-corrected chi connectivity index (χ2v) is 9.65. The van der Waals surface area contributed by atoms with Crippen LogP contribution in [0.4, 0.5) is 5.69 Å². The number of piperidine rings is 2. The molecule has 6 rings (SSSR count). The van der Waals surface area contributed by atoms with Gasteiger partial charge < -0.3 is 10.6 Å². The average Bonchev–Trinajstić information content (AvgIpc) is 3.27. The van der Waals surface area contributed by atoms with Crippen LogP contribution in [0.15, 0.2) is 24.4 Å². The van der Waals surface area contributed by atoms with Crippen LogP contribution in [0.2, 0.25) is 0 Å². The summed E-state index contributed by atoms with van der Waals surface area (Å²) >= 11 is 0. The van der Waals surface area contributed by atoms with E-state index in [4.69, 9.17) is 0 Å². The van der Waals surface area contributed by atoms with Gasteiger partial charge in [0, 0.05) is 24.2 Å². The summed E-state index contributed by atoms with van der Waals surface area (Å²) in [6.07, 6.45) is 2.96. The maximum Gasteiger partial charge on any atom is 0.264 e. The number of fused-ring (bicyclic) bond motifs is 3. The lowest BCUT2D eigenvalue weighted by Gasteiger charge is -2.55. The van der Waals surface area contributed by atoms with Crippen molar-refractivity contribution in [2.75, 3.05) is 11.9 Å². The number of carbonyl (C=O) groups excluding carboxylic acids is 3. The van der Waals surface area contributed by atoms with Crippen molar-refractivity contribution in [3.63, 3.8) is 0 Å². The fourth-order valence-electron chi connectivity index (χ4n) is 4.88. The van der Waals surface area contributed by atoms with E-state index in [0.29, 0.717) is 36.2 Å². The second kappa shape index (κ2) is 6.38. The van der Waals surface area contributed by atoms with Crippen LogP contribution in [0.1, 0.15) is 73.0 Å². The first-order chi connectivity index (χ1) is 14.6. The first-order valence-corrected chi connectivity index (χ1v) is 10.6. The summed E-state index contributed by atoms with van der Waals surface area (Å²) in [6.45, 7) is 8.30. The van der Waals surface area contributed by atoms with Crippen LogP contribution in [0.25, 0.3) is 0 Å². The molecule has 4 aliphatic rings. The molecule has 1 aromatic heterocycles. The van der Waals surface area contributed by atoms with E-state index in [1.807, 2.05) is 40.0 Å². The Balaban J connectivity index is 1.46. The smallest absolute Gasteiger partial charge is 0.264 e. The van der Waals surface area contributed by atoms with E-state index in [-0.39, 0.29) is 29.7 Å². The fourth-order valence-corrected chi connectivity index (χ4v) is 4.88. The molecule has 9 heteroatoms. The lowest BCUT2D eigenvalue weighted by atomic mass is 9.64. The van der Waals surface area contributed by atoms with Crippen LogP contribution in [0.5, 0.6) is 0 Å². The highest BCUT2D eigenvalue weighted by atomic mass is 16.2. The van der Waals surface area contributed by atoms with E-state index in [0.717, 1.165) is 5.69 Å². The molecule has 3 amide bonds. The summed E-state index contributed by atoms with van der Waals surface area (Å²) in [7, 11) is 0. The minimum atomic E-state index is -0.613. The number of carbonyl (C=O) groups is 3. The molecule has 0 unspecified atom stereocenters. The molecule has 2 N–H and O–H groups in total. The quantitative estimate of drug-likeness (QED) is 0.714. The van der Waals surface area contributed by atoms with Gasteiger partial charge in [-0.2, -0.15) is 0 Å². The summed E-state index contributed by atoms with van der Waals surface area (Å²) in [5.74, 6) is -0.698. The van der Waals surface area contributed by atoms with Gasteiger partial charge in [-0.05, 0) is 52.7 Å². The van der Waals surface area contributed by atoms with Crippen LogP contribution < -0.4 is 10.6 Å². The van der Waals surface area contributed by atoms with E-state index < -0.39 is 11.1 Å². The molecule has 162 valence electrons. The number of nitrogens with one attached hydrogen (secondary N) is 2. The number of imide groups is 1. The van der Waals surface area contributed by atoms with Crippen LogP contribution >= 0.6 is 0 Å². The van der Waals surface area contributed by atoms with Gasteiger partial charge in [0.15, 0.2) is 0 Å². The molecule has 4 heterocycles. The average molecular weight is 422 g/mol. The maximum absolute atomic E-state index is 13.5. The maximum atomic E-state index is 13.5. The van der Waals surface area contributed by atoms with Gasteiger partial charge in [0.25, 0.3) is 11.8 Å². The monoisotopic (exact) mass is 422 g/mol. The van der Waals surface area contributed by atoms with Gasteiger partial charge in [0.05, 0.1) is 28.4 Å². The van der Waals surface area contributed by atoms with E-state index in [2.05, 4.69) is 20.9 Å².